The summed E-state index contributed by atoms with van der Waals surface area (Å²) in [5.41, 5.74) is 2.36. The number of aryl methyl sites for hydroxylation is 2. The Balaban J connectivity index is 0.00000288. The van der Waals surface area contributed by atoms with Crippen molar-refractivity contribution in [2.45, 2.75) is 38.6 Å². The number of likely N-dealkylation sites (N-methyl/N-ethyl adjacent to an activating group) is 1. The van der Waals surface area contributed by atoms with Gasteiger partial charge in [-0.3, -0.25) is 9.59 Å². The first-order valence-corrected chi connectivity index (χ1v) is 8.35. The summed E-state index contributed by atoms with van der Waals surface area (Å²) in [6.07, 6.45) is 3.06. The minimum absolute atomic E-state index is 0. The van der Waals surface area contributed by atoms with Crippen molar-refractivity contribution in [2.24, 2.45) is 0 Å². The molecule has 1 fully saturated rings. The molecule has 1 saturated heterocycles. The third-order valence-corrected chi connectivity index (χ3v) is 4.45. The summed E-state index contributed by atoms with van der Waals surface area (Å²) in [6.45, 7) is 4.03. The van der Waals surface area contributed by atoms with Crippen LogP contribution in [0.2, 0.25) is 0 Å². The lowest BCUT2D eigenvalue weighted by Gasteiger charge is -2.31. The lowest BCUT2D eigenvalue weighted by atomic mass is 10.1. The largest absolute Gasteiger partial charge is 0.347 e. The average molecular weight is 354 g/mol. The fraction of sp³-hybridized carbons (Fsp3) is 0.556. The Hall–Kier alpha value is -1.59. The smallest absolute Gasteiger partial charge is 0.241 e. The molecule has 5 nitrogen and oxygen atoms in total. The highest BCUT2D eigenvalue weighted by Gasteiger charge is 2.21. The van der Waals surface area contributed by atoms with Gasteiger partial charge in [-0.05, 0) is 44.8 Å². The van der Waals surface area contributed by atoms with Crippen molar-refractivity contribution in [1.82, 2.24) is 15.5 Å². The third-order valence-electron chi connectivity index (χ3n) is 4.45. The van der Waals surface area contributed by atoms with Crippen molar-refractivity contribution in [2.75, 3.05) is 26.7 Å². The van der Waals surface area contributed by atoms with Crippen molar-refractivity contribution >= 4 is 24.2 Å². The number of rotatable bonds is 6. The Kier molecular flexibility index (Phi) is 8.79. The highest BCUT2D eigenvalue weighted by molar-refractivity contribution is 5.85. The first-order chi connectivity index (χ1) is 11.1. The fourth-order valence-corrected chi connectivity index (χ4v) is 2.80. The average Bonchev–Trinajstić information content (AvgIpc) is 2.59. The number of benzene rings is 1. The molecule has 0 aliphatic carbocycles. The molecule has 0 aromatic heterocycles. The van der Waals surface area contributed by atoms with Gasteiger partial charge >= 0.3 is 0 Å². The Morgan fingerprint density at radius 1 is 1.21 bits per heavy atom. The maximum Gasteiger partial charge on any atom is 0.241 e. The van der Waals surface area contributed by atoms with Crippen LogP contribution >= 0.6 is 12.4 Å². The number of halogens is 1. The van der Waals surface area contributed by atoms with Gasteiger partial charge in [-0.25, -0.2) is 0 Å². The van der Waals surface area contributed by atoms with Gasteiger partial charge in [-0.1, -0.05) is 29.8 Å². The normalized spacial score (nSPS) is 14.6. The molecule has 1 aromatic rings. The SMILES string of the molecule is Cc1ccc(CCC(=O)NCC(=O)N(C)C2CCNCC2)cc1.Cl. The Labute approximate surface area is 150 Å². The summed E-state index contributed by atoms with van der Waals surface area (Å²) in [6, 6.07) is 8.46. The summed E-state index contributed by atoms with van der Waals surface area (Å²) in [5.74, 6) is -0.0850. The minimum Gasteiger partial charge on any atom is -0.347 e. The summed E-state index contributed by atoms with van der Waals surface area (Å²) in [4.78, 5) is 25.8. The molecule has 2 N–H and O–H groups in total. The topological polar surface area (TPSA) is 61.4 Å². The molecule has 1 aliphatic heterocycles. The van der Waals surface area contributed by atoms with Gasteiger partial charge in [-0.2, -0.15) is 0 Å². The van der Waals surface area contributed by atoms with Crippen molar-refractivity contribution in [3.05, 3.63) is 35.4 Å². The van der Waals surface area contributed by atoms with Crippen molar-refractivity contribution < 1.29 is 9.59 Å². The molecule has 24 heavy (non-hydrogen) atoms. The van der Waals surface area contributed by atoms with E-state index in [-0.39, 0.29) is 36.8 Å². The molecular formula is C18H28ClN3O2. The van der Waals surface area contributed by atoms with Gasteiger partial charge in [0.05, 0.1) is 6.54 Å². The van der Waals surface area contributed by atoms with Crippen LogP contribution in [0.25, 0.3) is 0 Å². The first-order valence-electron chi connectivity index (χ1n) is 8.35. The van der Waals surface area contributed by atoms with E-state index in [1.165, 1.54) is 5.56 Å². The third kappa shape index (κ3) is 6.49. The van der Waals surface area contributed by atoms with Crippen molar-refractivity contribution in [3.63, 3.8) is 0 Å². The van der Waals surface area contributed by atoms with Crippen molar-refractivity contribution in [3.8, 4) is 0 Å². The highest BCUT2D eigenvalue weighted by atomic mass is 35.5. The number of nitrogens with zero attached hydrogens (tertiary/aromatic N) is 1. The lowest BCUT2D eigenvalue weighted by molar-refractivity contribution is -0.133. The maximum absolute atomic E-state index is 12.1. The van der Waals surface area contributed by atoms with E-state index in [1.807, 2.05) is 38.2 Å². The van der Waals surface area contributed by atoms with E-state index in [1.54, 1.807) is 4.90 Å². The van der Waals surface area contributed by atoms with Crippen molar-refractivity contribution in [1.29, 1.82) is 0 Å². The molecular weight excluding hydrogens is 326 g/mol. The molecule has 0 radical (unpaired) electrons. The van der Waals surface area contributed by atoms with E-state index in [2.05, 4.69) is 10.6 Å². The molecule has 0 spiro atoms. The molecule has 6 heteroatoms. The molecule has 2 rings (SSSR count). The van der Waals surface area contributed by atoms with Gasteiger partial charge in [0.15, 0.2) is 0 Å². The summed E-state index contributed by atoms with van der Waals surface area (Å²) in [5, 5.41) is 6.03. The van der Waals surface area contributed by atoms with Crippen LogP contribution in [0.15, 0.2) is 24.3 Å². The van der Waals surface area contributed by atoms with E-state index < -0.39 is 0 Å². The zero-order valence-corrected chi connectivity index (χ0v) is 15.3. The zero-order chi connectivity index (χ0) is 16.7. The first kappa shape index (κ1) is 20.5. The van der Waals surface area contributed by atoms with Crippen LogP contribution in [0.3, 0.4) is 0 Å². The maximum atomic E-state index is 12.1. The molecule has 0 bridgehead atoms. The van der Waals surface area contributed by atoms with Crippen LogP contribution in [0.1, 0.15) is 30.4 Å². The zero-order valence-electron chi connectivity index (χ0n) is 14.5. The number of nitrogens with one attached hydrogen (secondary N) is 2. The van der Waals surface area contributed by atoms with Crippen LogP contribution in [0, 0.1) is 6.92 Å². The number of amides is 2. The van der Waals surface area contributed by atoms with Gasteiger partial charge in [0, 0.05) is 19.5 Å². The Bertz CT molecular complexity index is 528. The monoisotopic (exact) mass is 353 g/mol. The van der Waals surface area contributed by atoms with Gasteiger partial charge in [0.2, 0.25) is 11.8 Å². The van der Waals surface area contributed by atoms with E-state index in [0.29, 0.717) is 12.8 Å². The second-order valence-electron chi connectivity index (χ2n) is 6.25. The van der Waals surface area contributed by atoms with Crippen LogP contribution in [-0.2, 0) is 16.0 Å². The molecule has 2 amide bonds. The lowest BCUT2D eigenvalue weighted by Crippen LogP contribution is -2.47. The molecule has 0 atom stereocenters. The van der Waals surface area contributed by atoms with E-state index in [0.717, 1.165) is 31.5 Å². The molecule has 1 heterocycles. The van der Waals surface area contributed by atoms with Gasteiger partial charge < -0.3 is 15.5 Å². The van der Waals surface area contributed by atoms with E-state index in [4.69, 9.17) is 0 Å². The van der Waals surface area contributed by atoms with Gasteiger partial charge in [0.1, 0.15) is 0 Å². The van der Waals surface area contributed by atoms with Crippen LogP contribution in [0.4, 0.5) is 0 Å². The predicted molar refractivity (Wildman–Crippen MR) is 98.4 cm³/mol. The number of hydrogen-bond donors (Lipinski definition) is 2. The summed E-state index contributed by atoms with van der Waals surface area (Å²) >= 11 is 0. The molecule has 1 aliphatic rings. The highest BCUT2D eigenvalue weighted by Crippen LogP contribution is 2.09. The molecule has 1 aromatic carbocycles. The second-order valence-corrected chi connectivity index (χ2v) is 6.25. The standard InChI is InChI=1S/C18H27N3O2.ClH/c1-14-3-5-15(6-4-14)7-8-17(22)20-13-18(23)21(2)16-9-11-19-12-10-16;/h3-6,16,19H,7-13H2,1-2H3,(H,20,22);1H. The fourth-order valence-electron chi connectivity index (χ4n) is 2.80. The van der Waals surface area contributed by atoms with Crippen LogP contribution in [0.5, 0.6) is 0 Å². The number of carbonyl (C=O) groups excluding carboxylic acids is 2. The van der Waals surface area contributed by atoms with Crippen LogP contribution < -0.4 is 10.6 Å². The summed E-state index contributed by atoms with van der Waals surface area (Å²) < 4.78 is 0. The number of carbonyl (C=O) groups is 2. The summed E-state index contributed by atoms with van der Waals surface area (Å²) in [7, 11) is 1.83. The molecule has 134 valence electrons. The second kappa shape index (κ2) is 10.3. The molecule has 0 saturated carbocycles. The van der Waals surface area contributed by atoms with Gasteiger partial charge in [0.25, 0.3) is 0 Å². The minimum atomic E-state index is -0.0716. The molecule has 0 unspecified atom stereocenters. The van der Waals surface area contributed by atoms with Gasteiger partial charge in [-0.15, -0.1) is 12.4 Å². The van der Waals surface area contributed by atoms with E-state index >= 15 is 0 Å². The Morgan fingerprint density at radius 2 is 1.83 bits per heavy atom. The Morgan fingerprint density at radius 3 is 2.46 bits per heavy atom. The van der Waals surface area contributed by atoms with Crippen LogP contribution in [-0.4, -0.2) is 49.4 Å². The number of hydrogen-bond acceptors (Lipinski definition) is 3. The number of piperidine rings is 1. The quantitative estimate of drug-likeness (QED) is 0.818. The predicted octanol–water partition coefficient (Wildman–Crippen LogP) is 1.68. The van der Waals surface area contributed by atoms with E-state index in [9.17, 15) is 9.59 Å².